The van der Waals surface area contributed by atoms with E-state index in [1.807, 2.05) is 24.3 Å². The quantitative estimate of drug-likeness (QED) is 0.687. The molecule has 2 heteroatoms. The van der Waals surface area contributed by atoms with Gasteiger partial charge in [0.2, 0.25) is 0 Å². The van der Waals surface area contributed by atoms with Crippen molar-refractivity contribution in [2.45, 2.75) is 0 Å². The summed E-state index contributed by atoms with van der Waals surface area (Å²) in [4.78, 5) is 7.91. The first-order valence-corrected chi connectivity index (χ1v) is 4.10. The maximum atomic E-state index is 3.95. The molecule has 13 heavy (non-hydrogen) atoms. The molecule has 0 aliphatic heterocycles. The number of hydrogen-bond donors (Lipinski definition) is 0. The van der Waals surface area contributed by atoms with Crippen LogP contribution in [0.15, 0.2) is 49.1 Å². The Balaban J connectivity index is 2.16. The second-order valence-corrected chi connectivity index (χ2v) is 2.71. The molecule has 0 atom stereocenters. The molecule has 0 saturated carbocycles. The van der Waals surface area contributed by atoms with Crippen LogP contribution in [0.1, 0.15) is 11.1 Å². The molecule has 0 aliphatic carbocycles. The predicted molar refractivity (Wildman–Crippen MR) is 51.0 cm³/mol. The molecule has 0 saturated heterocycles. The average Bonchev–Trinajstić information content (AvgIpc) is 2.21. The Kier molecular flexibility index (Phi) is 2.32. The highest BCUT2D eigenvalue weighted by Crippen LogP contribution is 2.08. The molecule has 2 heterocycles. The van der Waals surface area contributed by atoms with Crippen LogP contribution >= 0.6 is 0 Å². The summed E-state index contributed by atoms with van der Waals surface area (Å²) in [6.45, 7) is 0. The van der Waals surface area contributed by atoms with Crippen molar-refractivity contribution in [3.8, 4) is 0 Å². The molecule has 63 valence electrons. The minimum Gasteiger partial charge on any atom is -0.265 e. The third-order valence-corrected chi connectivity index (χ3v) is 1.75. The number of nitrogens with zero attached hydrogens (tertiary/aromatic N) is 2. The second-order valence-electron chi connectivity index (χ2n) is 2.71. The summed E-state index contributed by atoms with van der Waals surface area (Å²) in [6, 6.07) is 7.89. The van der Waals surface area contributed by atoms with Gasteiger partial charge in [-0.2, -0.15) is 0 Å². The fourth-order valence-electron chi connectivity index (χ4n) is 1.11. The van der Waals surface area contributed by atoms with Gasteiger partial charge in [-0.15, -0.1) is 0 Å². The van der Waals surface area contributed by atoms with Crippen LogP contribution in [0.4, 0.5) is 0 Å². The van der Waals surface area contributed by atoms with E-state index in [0.717, 1.165) is 11.1 Å². The van der Waals surface area contributed by atoms with Crippen LogP contribution in [0, 0.1) is 6.42 Å². The van der Waals surface area contributed by atoms with E-state index in [0.29, 0.717) is 0 Å². The monoisotopic (exact) mass is 169 g/mol. The second kappa shape index (κ2) is 3.81. The first-order chi connectivity index (χ1) is 6.45. The van der Waals surface area contributed by atoms with Gasteiger partial charge in [-0.05, 0) is 35.4 Å². The van der Waals surface area contributed by atoms with Gasteiger partial charge in [-0.25, -0.2) is 0 Å². The van der Waals surface area contributed by atoms with Crippen molar-refractivity contribution >= 4 is 0 Å². The minimum atomic E-state index is 1.15. The van der Waals surface area contributed by atoms with E-state index >= 15 is 0 Å². The molecule has 0 aliphatic rings. The Morgan fingerprint density at radius 1 is 0.692 bits per heavy atom. The number of aromatic nitrogens is 2. The molecule has 0 unspecified atom stereocenters. The van der Waals surface area contributed by atoms with Crippen molar-refractivity contribution in [2.75, 3.05) is 0 Å². The van der Waals surface area contributed by atoms with Gasteiger partial charge in [-0.1, -0.05) is 0 Å². The van der Waals surface area contributed by atoms with E-state index in [1.54, 1.807) is 24.8 Å². The molecule has 2 rings (SSSR count). The topological polar surface area (TPSA) is 25.8 Å². The van der Waals surface area contributed by atoms with Crippen LogP contribution in [-0.2, 0) is 0 Å². The summed E-state index contributed by atoms with van der Waals surface area (Å²) in [5.74, 6) is 0. The highest BCUT2D eigenvalue weighted by molar-refractivity contribution is 5.34. The standard InChI is InChI=1S/C11H9N2/c1-5-12-6-2-10(1)9-11-3-7-13-8-4-11/h1-9H. The lowest BCUT2D eigenvalue weighted by Crippen LogP contribution is -1.84. The normalized spacial score (nSPS) is 9.85. The van der Waals surface area contributed by atoms with Crippen LogP contribution in [-0.4, -0.2) is 9.97 Å². The zero-order chi connectivity index (χ0) is 8.93. The van der Waals surface area contributed by atoms with Crippen molar-refractivity contribution < 1.29 is 0 Å². The highest BCUT2D eigenvalue weighted by Gasteiger charge is 1.94. The maximum absolute atomic E-state index is 3.95. The van der Waals surface area contributed by atoms with E-state index < -0.39 is 0 Å². The molecule has 0 aromatic carbocycles. The molecular weight excluding hydrogens is 160 g/mol. The van der Waals surface area contributed by atoms with Gasteiger partial charge in [-0.3, -0.25) is 9.97 Å². The van der Waals surface area contributed by atoms with Crippen LogP contribution in [0.2, 0.25) is 0 Å². The van der Waals surface area contributed by atoms with Crippen molar-refractivity contribution in [2.24, 2.45) is 0 Å². The maximum Gasteiger partial charge on any atom is 0.0270 e. The van der Waals surface area contributed by atoms with E-state index in [1.165, 1.54) is 0 Å². The van der Waals surface area contributed by atoms with E-state index in [4.69, 9.17) is 0 Å². The van der Waals surface area contributed by atoms with Gasteiger partial charge in [0.1, 0.15) is 0 Å². The number of pyridine rings is 2. The Morgan fingerprint density at radius 2 is 1.08 bits per heavy atom. The fourth-order valence-corrected chi connectivity index (χ4v) is 1.11. The highest BCUT2D eigenvalue weighted by atomic mass is 14.6. The summed E-state index contributed by atoms with van der Waals surface area (Å²) in [5, 5.41) is 0. The Morgan fingerprint density at radius 3 is 1.46 bits per heavy atom. The van der Waals surface area contributed by atoms with Gasteiger partial charge in [0, 0.05) is 31.2 Å². The molecule has 1 radical (unpaired) electrons. The summed E-state index contributed by atoms with van der Waals surface area (Å²) in [6.07, 6.45) is 9.23. The zero-order valence-corrected chi connectivity index (χ0v) is 7.09. The van der Waals surface area contributed by atoms with Crippen LogP contribution in [0.3, 0.4) is 0 Å². The molecule has 0 fully saturated rings. The molecule has 2 aromatic heterocycles. The molecule has 0 bridgehead atoms. The Bertz CT molecular complexity index is 319. The minimum absolute atomic E-state index is 1.15. The van der Waals surface area contributed by atoms with Crippen molar-refractivity contribution in [1.82, 2.24) is 9.97 Å². The Labute approximate surface area is 77.3 Å². The largest absolute Gasteiger partial charge is 0.265 e. The molecule has 0 amide bonds. The van der Waals surface area contributed by atoms with Crippen molar-refractivity contribution in [3.63, 3.8) is 0 Å². The summed E-state index contributed by atoms with van der Waals surface area (Å²) in [7, 11) is 0. The Hall–Kier alpha value is -1.70. The van der Waals surface area contributed by atoms with Crippen molar-refractivity contribution in [3.05, 3.63) is 66.6 Å². The van der Waals surface area contributed by atoms with Crippen LogP contribution in [0.5, 0.6) is 0 Å². The lowest BCUT2D eigenvalue weighted by Gasteiger charge is -1.98. The summed E-state index contributed by atoms with van der Waals surface area (Å²) in [5.41, 5.74) is 2.31. The van der Waals surface area contributed by atoms with Gasteiger partial charge < -0.3 is 0 Å². The molecule has 2 nitrogen and oxygen atoms in total. The van der Waals surface area contributed by atoms with Crippen LogP contribution < -0.4 is 0 Å². The summed E-state index contributed by atoms with van der Waals surface area (Å²) >= 11 is 0. The van der Waals surface area contributed by atoms with Gasteiger partial charge in [0.25, 0.3) is 0 Å². The summed E-state index contributed by atoms with van der Waals surface area (Å²) < 4.78 is 0. The SMILES string of the molecule is [CH](c1ccncc1)c1ccncc1. The molecule has 0 N–H and O–H groups in total. The average molecular weight is 169 g/mol. The van der Waals surface area contributed by atoms with Crippen LogP contribution in [0.25, 0.3) is 0 Å². The number of rotatable bonds is 2. The third-order valence-electron chi connectivity index (χ3n) is 1.75. The lowest BCUT2D eigenvalue weighted by molar-refractivity contribution is 1.27. The fraction of sp³-hybridized carbons (Fsp3) is 0. The lowest BCUT2D eigenvalue weighted by atomic mass is 10.1. The predicted octanol–water partition coefficient (Wildman–Crippen LogP) is 2.08. The molecule has 0 spiro atoms. The van der Waals surface area contributed by atoms with Gasteiger partial charge in [0.05, 0.1) is 0 Å². The van der Waals surface area contributed by atoms with E-state index in [2.05, 4.69) is 16.4 Å². The smallest absolute Gasteiger partial charge is 0.0270 e. The van der Waals surface area contributed by atoms with E-state index in [-0.39, 0.29) is 0 Å². The molecular formula is C11H9N2. The third kappa shape index (κ3) is 2.12. The van der Waals surface area contributed by atoms with Crippen molar-refractivity contribution in [1.29, 1.82) is 0 Å². The van der Waals surface area contributed by atoms with Gasteiger partial charge >= 0.3 is 0 Å². The van der Waals surface area contributed by atoms with Gasteiger partial charge in [0.15, 0.2) is 0 Å². The first-order valence-electron chi connectivity index (χ1n) is 4.10. The molecule has 2 aromatic rings. The zero-order valence-electron chi connectivity index (χ0n) is 7.09. The van der Waals surface area contributed by atoms with E-state index in [9.17, 15) is 0 Å². The number of hydrogen-bond acceptors (Lipinski definition) is 2. The first kappa shape index (κ1) is 7.92.